The second kappa shape index (κ2) is 17.4. The number of allylic oxidation sites excluding steroid dienone is 4. The van der Waals surface area contributed by atoms with Crippen LogP contribution in [0.4, 0.5) is 26.3 Å². The summed E-state index contributed by atoms with van der Waals surface area (Å²) in [7, 11) is 0. The Morgan fingerprint density at radius 3 is 1.49 bits per heavy atom. The molecule has 258 valence electrons. The van der Waals surface area contributed by atoms with E-state index in [9.17, 15) is 26.3 Å². The smallest absolute Gasteiger partial charge is 0.0771 e. The van der Waals surface area contributed by atoms with E-state index in [-0.39, 0.29) is 35.9 Å². The van der Waals surface area contributed by atoms with Gasteiger partial charge in [-0.1, -0.05) is 88.8 Å². The summed E-state index contributed by atoms with van der Waals surface area (Å²) in [5.74, 6) is 0.522. The molecule has 0 N–H and O–H groups in total. The van der Waals surface area contributed by atoms with Crippen LogP contribution in [0.1, 0.15) is 63.3 Å². The van der Waals surface area contributed by atoms with Gasteiger partial charge in [-0.3, -0.25) is 6.08 Å². The van der Waals surface area contributed by atoms with Crippen molar-refractivity contribution in [3.05, 3.63) is 149 Å². The number of alkyl halides is 6. The average molecular weight is 793 g/mol. The topological polar surface area (TPSA) is 0 Å². The van der Waals surface area contributed by atoms with Gasteiger partial charge in [-0.25, -0.2) is 5.57 Å². The molecular formula is C40H36Cl2F6Zr-2. The zero-order chi connectivity index (χ0) is 34.6. The molecule has 1 aliphatic carbocycles. The molecule has 0 saturated carbocycles. The maximum Gasteiger partial charge on any atom is -0.0771 e. The zero-order valence-corrected chi connectivity index (χ0v) is 31.7. The summed E-state index contributed by atoms with van der Waals surface area (Å²) in [5.41, 5.74) is 2.12. The van der Waals surface area contributed by atoms with Crippen molar-refractivity contribution in [2.75, 3.05) is 0 Å². The SMILES string of the molecule is CCC1=[C-]C(C)C=C1C(C)(C)C.FC(F)(F)c1cccc([C](=[Zr+2])c2cccc(C(F)(F)F)c2)c1.[Cl-].[Cl-].c1ccc2c(c1)[cH-]c1ccccc12. The van der Waals surface area contributed by atoms with Gasteiger partial charge >= 0.3 is 137 Å². The molecule has 6 rings (SSSR count). The van der Waals surface area contributed by atoms with E-state index in [1.165, 1.54) is 57.0 Å². The Kier molecular flexibility index (Phi) is 15.0. The van der Waals surface area contributed by atoms with Crippen LogP contribution in [-0.4, -0.2) is 3.21 Å². The van der Waals surface area contributed by atoms with Crippen LogP contribution in [-0.2, 0) is 36.6 Å². The second-order valence-electron chi connectivity index (χ2n) is 12.4. The average Bonchev–Trinajstić information content (AvgIpc) is 3.61. The summed E-state index contributed by atoms with van der Waals surface area (Å²) >= 11 is 0.729. The van der Waals surface area contributed by atoms with Crippen molar-refractivity contribution in [3.8, 4) is 0 Å². The monoisotopic (exact) mass is 790 g/mol. The summed E-state index contributed by atoms with van der Waals surface area (Å²) in [6.07, 6.45) is -2.02. The summed E-state index contributed by atoms with van der Waals surface area (Å²) in [6, 6.07) is 28.4. The van der Waals surface area contributed by atoms with Gasteiger partial charge < -0.3 is 24.8 Å². The first-order valence-electron chi connectivity index (χ1n) is 15.3. The Morgan fingerprint density at radius 2 is 1.12 bits per heavy atom. The van der Waals surface area contributed by atoms with E-state index in [1.54, 1.807) is 0 Å². The Hall–Kier alpha value is -2.86. The Labute approximate surface area is 311 Å². The Balaban J connectivity index is 0.000000265. The molecule has 0 nitrogen and oxygen atoms in total. The van der Waals surface area contributed by atoms with Crippen molar-refractivity contribution in [1.29, 1.82) is 0 Å². The van der Waals surface area contributed by atoms with Gasteiger partial charge in [-0.15, -0.1) is 39.7 Å². The van der Waals surface area contributed by atoms with Crippen LogP contribution < -0.4 is 24.8 Å². The van der Waals surface area contributed by atoms with Crippen molar-refractivity contribution < 1.29 is 75.4 Å². The fourth-order valence-electron chi connectivity index (χ4n) is 5.51. The third kappa shape index (κ3) is 11.1. The molecule has 0 amide bonds. The Bertz CT molecular complexity index is 1810. The van der Waals surface area contributed by atoms with Crippen LogP contribution in [0, 0.1) is 17.4 Å². The van der Waals surface area contributed by atoms with Gasteiger partial charge in [0.05, 0.1) is 0 Å². The van der Waals surface area contributed by atoms with E-state index in [4.69, 9.17) is 0 Å². The molecule has 0 bridgehead atoms. The first-order chi connectivity index (χ1) is 22.0. The van der Waals surface area contributed by atoms with Crippen LogP contribution in [0.2, 0.25) is 0 Å². The molecule has 0 spiro atoms. The standard InChI is InChI=1S/C15H8F6.C13H9.C12H19.2ClH.Zr/c16-14(17,18)12-5-1-3-10(8-12)7-11-4-2-6-13(9-11)15(19,20)21;1-3-7-12-10(5-1)9-11-6-2-4-8-13(11)12;1-6-10-7-9(2)8-11(10)12(3,4)5;;;/h1-6,8-9H;1-9H;8-9H,6H2,1-5H3;2*1H;/q;2*-1;;;+2/p-2. The van der Waals surface area contributed by atoms with E-state index in [2.05, 4.69) is 101 Å². The van der Waals surface area contributed by atoms with Crippen LogP contribution >= 0.6 is 0 Å². The Morgan fingerprint density at radius 1 is 0.694 bits per heavy atom. The minimum atomic E-state index is -4.49. The number of hydrogen-bond acceptors (Lipinski definition) is 0. The fourth-order valence-corrected chi connectivity index (χ4v) is 6.28. The molecule has 0 heterocycles. The third-order valence-electron chi connectivity index (χ3n) is 7.79. The fraction of sp³-hybridized carbons (Fsp3) is 0.250. The first kappa shape index (κ1) is 42.3. The van der Waals surface area contributed by atoms with Crippen LogP contribution in [0.15, 0.2) is 120 Å². The molecule has 0 radical (unpaired) electrons. The minimum absolute atomic E-state index is 0. The van der Waals surface area contributed by atoms with Crippen molar-refractivity contribution >= 4 is 24.8 Å². The van der Waals surface area contributed by atoms with Crippen LogP contribution in [0.3, 0.4) is 0 Å². The summed E-state index contributed by atoms with van der Waals surface area (Å²) in [5, 5.41) is 5.39. The normalized spacial score (nSPS) is 14.3. The van der Waals surface area contributed by atoms with Crippen molar-refractivity contribution in [2.24, 2.45) is 11.3 Å². The maximum atomic E-state index is 12.7. The third-order valence-corrected chi connectivity index (χ3v) is 9.20. The quantitative estimate of drug-likeness (QED) is 0.149. The molecular weight excluding hydrogens is 757 g/mol. The number of fused-ring (bicyclic) bond motifs is 3. The molecule has 5 aromatic carbocycles. The molecule has 0 aromatic heterocycles. The largest absolute Gasteiger partial charge is 1.00 e. The number of hydrogen-bond donors (Lipinski definition) is 0. The van der Waals surface area contributed by atoms with Crippen molar-refractivity contribution in [1.82, 2.24) is 0 Å². The second-order valence-corrected chi connectivity index (χ2v) is 13.7. The molecule has 1 aliphatic rings. The van der Waals surface area contributed by atoms with E-state index in [1.807, 2.05) is 0 Å². The summed E-state index contributed by atoms with van der Waals surface area (Å²) in [4.78, 5) is 0. The van der Waals surface area contributed by atoms with Gasteiger partial charge in [-0.2, -0.15) is 11.6 Å². The van der Waals surface area contributed by atoms with Gasteiger partial charge in [0.15, 0.2) is 0 Å². The van der Waals surface area contributed by atoms with Gasteiger partial charge in [-0.05, 0) is 0 Å². The molecule has 1 atom stereocenters. The number of benzene rings is 4. The van der Waals surface area contributed by atoms with Crippen LogP contribution in [0.25, 0.3) is 21.5 Å². The van der Waals surface area contributed by atoms with E-state index in [0.717, 1.165) is 54.9 Å². The van der Waals surface area contributed by atoms with Gasteiger partial charge in [0.25, 0.3) is 0 Å². The molecule has 5 aromatic rings. The number of rotatable bonds is 3. The van der Waals surface area contributed by atoms with Crippen LogP contribution in [0.5, 0.6) is 0 Å². The summed E-state index contributed by atoms with van der Waals surface area (Å²) < 4.78 is 76.7. The molecule has 49 heavy (non-hydrogen) atoms. The maximum absolute atomic E-state index is 12.7. The molecule has 0 saturated heterocycles. The predicted octanol–water partition coefficient (Wildman–Crippen LogP) is 6.31. The molecule has 9 heteroatoms. The predicted molar refractivity (Wildman–Crippen MR) is 177 cm³/mol. The molecule has 0 aliphatic heterocycles. The first-order valence-corrected chi connectivity index (χ1v) is 16.5. The van der Waals surface area contributed by atoms with Crippen molar-refractivity contribution in [2.45, 2.75) is 53.4 Å². The van der Waals surface area contributed by atoms with Gasteiger partial charge in [0, 0.05) is 0 Å². The van der Waals surface area contributed by atoms with Crippen molar-refractivity contribution in [3.63, 3.8) is 0 Å². The minimum Gasteiger partial charge on any atom is -1.00 e. The van der Waals surface area contributed by atoms with Gasteiger partial charge in [0.1, 0.15) is 0 Å². The van der Waals surface area contributed by atoms with E-state index >= 15 is 0 Å². The summed E-state index contributed by atoms with van der Waals surface area (Å²) in [6.45, 7) is 11.2. The zero-order valence-electron chi connectivity index (χ0n) is 27.7. The van der Waals surface area contributed by atoms with E-state index in [0.29, 0.717) is 14.5 Å². The molecule has 0 fully saturated rings. The number of halogens is 8. The van der Waals surface area contributed by atoms with E-state index < -0.39 is 23.5 Å². The van der Waals surface area contributed by atoms with Gasteiger partial charge in [0.2, 0.25) is 0 Å². The molecule has 1 unspecified atom stereocenters.